The van der Waals surface area contributed by atoms with Crippen molar-refractivity contribution in [1.82, 2.24) is 0 Å². The molecule has 0 aromatic heterocycles. The third kappa shape index (κ3) is 3.62. The maximum absolute atomic E-state index is 15.0. The highest BCUT2D eigenvalue weighted by Gasteiger charge is 2.30. The molecule has 3 rings (SSSR count). The molecule has 1 aliphatic rings. The number of carbonyl (C=O) groups is 1. The molecule has 1 saturated carbocycles. The molecule has 0 unspecified atom stereocenters. The molecule has 1 aliphatic carbocycles. The summed E-state index contributed by atoms with van der Waals surface area (Å²) < 4.78 is 70.2. The molecule has 1 fully saturated rings. The van der Waals surface area contributed by atoms with E-state index in [9.17, 15) is 22.4 Å². The summed E-state index contributed by atoms with van der Waals surface area (Å²) in [6.07, 6.45) is 3.87. The van der Waals surface area contributed by atoms with Crippen LogP contribution in [0.5, 0.6) is 0 Å². The van der Waals surface area contributed by atoms with E-state index in [2.05, 4.69) is 6.92 Å². The van der Waals surface area contributed by atoms with Crippen LogP contribution in [0.3, 0.4) is 0 Å². The average molecular weight is 398 g/mol. The molecule has 2 aromatic rings. The Labute approximate surface area is 159 Å². The van der Waals surface area contributed by atoms with Gasteiger partial charge in [0.1, 0.15) is 17.2 Å². The van der Waals surface area contributed by atoms with Crippen LogP contribution >= 0.6 is 0 Å². The van der Waals surface area contributed by atoms with Crippen LogP contribution in [0.2, 0.25) is 0 Å². The summed E-state index contributed by atoms with van der Waals surface area (Å²) in [5.74, 6) is -9.06. The Kier molecular flexibility index (Phi) is 5.72. The fourth-order valence-electron chi connectivity index (χ4n) is 4.03. The third-order valence-corrected chi connectivity index (χ3v) is 5.60. The minimum absolute atomic E-state index is 0.153. The van der Waals surface area contributed by atoms with Crippen LogP contribution in [-0.2, 0) is 0 Å². The van der Waals surface area contributed by atoms with Gasteiger partial charge in [-0.2, -0.15) is 0 Å². The van der Waals surface area contributed by atoms with Gasteiger partial charge in [-0.05, 0) is 66.8 Å². The maximum atomic E-state index is 15.0. The molecule has 0 saturated heterocycles. The zero-order chi connectivity index (χ0) is 20.6. The van der Waals surface area contributed by atoms with Crippen molar-refractivity contribution in [3.8, 4) is 11.1 Å². The van der Waals surface area contributed by atoms with Crippen molar-refractivity contribution in [2.45, 2.75) is 44.9 Å². The van der Waals surface area contributed by atoms with Crippen molar-refractivity contribution in [2.75, 3.05) is 0 Å². The lowest BCUT2D eigenvalue weighted by Crippen LogP contribution is -2.16. The molecular weight excluding hydrogens is 379 g/mol. The molecule has 0 heterocycles. The predicted octanol–water partition coefficient (Wildman–Crippen LogP) is 6.43. The molecule has 0 amide bonds. The van der Waals surface area contributed by atoms with Crippen molar-refractivity contribution in [1.29, 1.82) is 0 Å². The van der Waals surface area contributed by atoms with Crippen LogP contribution in [0.4, 0.5) is 22.0 Å². The lowest BCUT2D eigenvalue weighted by molar-refractivity contribution is 0.0686. The fraction of sp³-hybridized carbons (Fsp3) is 0.381. The Bertz CT molecular complexity index is 894. The first-order valence-corrected chi connectivity index (χ1v) is 9.14. The first kappa shape index (κ1) is 20.3. The quantitative estimate of drug-likeness (QED) is 0.476. The van der Waals surface area contributed by atoms with Crippen LogP contribution < -0.4 is 0 Å². The highest BCUT2D eigenvalue weighted by Crippen LogP contribution is 2.43. The Morgan fingerprint density at radius 1 is 0.929 bits per heavy atom. The first-order chi connectivity index (χ1) is 13.2. The number of benzene rings is 2. The Hall–Kier alpha value is -2.44. The van der Waals surface area contributed by atoms with E-state index in [-0.39, 0.29) is 17.0 Å². The second-order valence-electron chi connectivity index (χ2n) is 7.20. The number of hydrogen-bond acceptors (Lipinski definition) is 1. The maximum Gasteiger partial charge on any atom is 0.341 e. The van der Waals surface area contributed by atoms with Crippen LogP contribution in [0.25, 0.3) is 11.1 Å². The minimum atomic E-state index is -1.83. The van der Waals surface area contributed by atoms with Gasteiger partial charge in [0.25, 0.3) is 0 Å². The third-order valence-electron chi connectivity index (χ3n) is 5.60. The van der Waals surface area contributed by atoms with Gasteiger partial charge in [0.2, 0.25) is 0 Å². The van der Waals surface area contributed by atoms with E-state index in [1.807, 2.05) is 0 Å². The Balaban J connectivity index is 2.21. The second kappa shape index (κ2) is 7.89. The molecule has 0 radical (unpaired) electrons. The van der Waals surface area contributed by atoms with Crippen LogP contribution in [0.15, 0.2) is 18.2 Å². The van der Waals surface area contributed by atoms with Gasteiger partial charge >= 0.3 is 5.97 Å². The van der Waals surface area contributed by atoms with Gasteiger partial charge < -0.3 is 5.11 Å². The minimum Gasteiger partial charge on any atom is -0.477 e. The van der Waals surface area contributed by atoms with E-state index in [0.29, 0.717) is 30.9 Å². The van der Waals surface area contributed by atoms with Crippen molar-refractivity contribution >= 4 is 5.97 Å². The summed E-state index contributed by atoms with van der Waals surface area (Å²) in [7, 11) is 0. The SMILES string of the molecule is CCC1CCC(c2cc(F)c(C(=O)O)c(F)c2-c2cc(F)c(F)c(F)c2)CC1. The zero-order valence-corrected chi connectivity index (χ0v) is 15.2. The smallest absolute Gasteiger partial charge is 0.341 e. The average Bonchev–Trinajstić information content (AvgIpc) is 2.65. The van der Waals surface area contributed by atoms with Gasteiger partial charge in [-0.3, -0.25) is 0 Å². The number of carboxylic acid groups (broad SMARTS) is 1. The van der Waals surface area contributed by atoms with E-state index in [1.54, 1.807) is 0 Å². The molecule has 150 valence electrons. The number of aromatic carboxylic acids is 1. The van der Waals surface area contributed by atoms with E-state index < -0.39 is 46.2 Å². The lowest BCUT2D eigenvalue weighted by atomic mass is 9.75. The monoisotopic (exact) mass is 398 g/mol. The molecule has 1 N–H and O–H groups in total. The van der Waals surface area contributed by atoms with E-state index >= 15 is 4.39 Å². The van der Waals surface area contributed by atoms with Gasteiger partial charge in [-0.25, -0.2) is 26.7 Å². The fourth-order valence-corrected chi connectivity index (χ4v) is 4.03. The highest BCUT2D eigenvalue weighted by atomic mass is 19.2. The molecule has 0 atom stereocenters. The Morgan fingerprint density at radius 2 is 1.50 bits per heavy atom. The number of hydrogen-bond donors (Lipinski definition) is 1. The standard InChI is InChI=1S/C21H19F5O2/c1-2-10-3-5-11(6-4-10)13-9-14(22)18(21(27)28)20(26)17(13)12-7-15(23)19(25)16(24)8-12/h7-11H,2-6H2,1H3,(H,27,28). The zero-order valence-electron chi connectivity index (χ0n) is 15.2. The predicted molar refractivity (Wildman–Crippen MR) is 93.6 cm³/mol. The molecule has 0 bridgehead atoms. The molecule has 28 heavy (non-hydrogen) atoms. The van der Waals surface area contributed by atoms with Crippen molar-refractivity contribution in [3.63, 3.8) is 0 Å². The largest absolute Gasteiger partial charge is 0.477 e. The van der Waals surface area contributed by atoms with E-state index in [4.69, 9.17) is 5.11 Å². The van der Waals surface area contributed by atoms with Gasteiger partial charge in [0.05, 0.1) is 0 Å². The van der Waals surface area contributed by atoms with Crippen LogP contribution in [0.1, 0.15) is 60.9 Å². The van der Waals surface area contributed by atoms with Crippen molar-refractivity contribution in [3.05, 3.63) is 58.4 Å². The molecule has 2 aromatic carbocycles. The molecular formula is C21H19F5O2. The summed E-state index contributed by atoms with van der Waals surface area (Å²) in [4.78, 5) is 11.3. The topological polar surface area (TPSA) is 37.3 Å². The molecule has 0 aliphatic heterocycles. The van der Waals surface area contributed by atoms with E-state index in [0.717, 1.165) is 25.3 Å². The summed E-state index contributed by atoms with van der Waals surface area (Å²) in [6.45, 7) is 2.06. The molecule has 0 spiro atoms. The molecule has 7 heteroatoms. The van der Waals surface area contributed by atoms with Crippen molar-refractivity contribution in [2.24, 2.45) is 5.92 Å². The normalized spacial score (nSPS) is 19.6. The van der Waals surface area contributed by atoms with Gasteiger partial charge in [0.15, 0.2) is 17.5 Å². The number of carboxylic acids is 1. The van der Waals surface area contributed by atoms with Crippen molar-refractivity contribution < 1.29 is 31.9 Å². The van der Waals surface area contributed by atoms with Gasteiger partial charge in [0, 0.05) is 5.56 Å². The summed E-state index contributed by atoms with van der Waals surface area (Å²) in [5, 5.41) is 9.15. The summed E-state index contributed by atoms with van der Waals surface area (Å²) in [6, 6.07) is 2.13. The Morgan fingerprint density at radius 3 is 2.00 bits per heavy atom. The van der Waals surface area contributed by atoms with Gasteiger partial charge in [-0.1, -0.05) is 13.3 Å². The van der Waals surface area contributed by atoms with E-state index in [1.165, 1.54) is 0 Å². The lowest BCUT2D eigenvalue weighted by Gasteiger charge is -2.30. The first-order valence-electron chi connectivity index (χ1n) is 9.14. The second-order valence-corrected chi connectivity index (χ2v) is 7.20. The highest BCUT2D eigenvalue weighted by molar-refractivity contribution is 5.91. The van der Waals surface area contributed by atoms with Gasteiger partial charge in [-0.15, -0.1) is 0 Å². The van der Waals surface area contributed by atoms with Crippen LogP contribution in [-0.4, -0.2) is 11.1 Å². The number of rotatable bonds is 4. The molecule has 2 nitrogen and oxygen atoms in total. The summed E-state index contributed by atoms with van der Waals surface area (Å²) >= 11 is 0. The number of halogens is 5. The van der Waals surface area contributed by atoms with Crippen LogP contribution in [0, 0.1) is 35.0 Å². The summed E-state index contributed by atoms with van der Waals surface area (Å²) in [5.41, 5.74) is -1.80.